The summed E-state index contributed by atoms with van der Waals surface area (Å²) in [6, 6.07) is 18.5. The summed E-state index contributed by atoms with van der Waals surface area (Å²) in [4.78, 5) is 19.3. The van der Waals surface area contributed by atoms with Gasteiger partial charge in [0.2, 0.25) is 5.91 Å². The van der Waals surface area contributed by atoms with Gasteiger partial charge in [-0.2, -0.15) is 0 Å². The molecule has 0 bridgehead atoms. The smallest absolute Gasteiger partial charge is 0.237 e. The topological polar surface area (TPSA) is 33.2 Å². The normalized spacial score (nSPS) is 16.0. The van der Waals surface area contributed by atoms with E-state index in [-0.39, 0.29) is 11.9 Å². The molecule has 1 atom stereocenters. The minimum absolute atomic E-state index is 0.152. The Morgan fingerprint density at radius 1 is 1.20 bits per heavy atom. The molecule has 2 heterocycles. The molecule has 1 aliphatic heterocycles. The zero-order valence-electron chi connectivity index (χ0n) is 13.9. The molecular formula is C20H18N2OS2. The molecule has 1 aliphatic rings. The van der Waals surface area contributed by atoms with Crippen LogP contribution in [0.2, 0.25) is 0 Å². The molecule has 1 aromatic heterocycles. The molecule has 0 saturated heterocycles. The lowest BCUT2D eigenvalue weighted by Gasteiger charge is -2.22. The van der Waals surface area contributed by atoms with E-state index in [4.69, 9.17) is 0 Å². The molecule has 0 radical (unpaired) electrons. The number of carbonyl (C=O) groups is 1. The number of hydrogen-bond donors (Lipinski definition) is 0. The lowest BCUT2D eigenvalue weighted by atomic mass is 10.1. The van der Waals surface area contributed by atoms with Crippen LogP contribution in [0.5, 0.6) is 0 Å². The summed E-state index contributed by atoms with van der Waals surface area (Å²) in [6.45, 7) is 2.11. The molecule has 1 amide bonds. The van der Waals surface area contributed by atoms with Crippen LogP contribution in [0, 0.1) is 0 Å². The molecule has 0 saturated carbocycles. The summed E-state index contributed by atoms with van der Waals surface area (Å²) in [6.07, 6.45) is 0.933. The first kappa shape index (κ1) is 16.4. The fraction of sp³-hybridized carbons (Fsp3) is 0.200. The number of para-hydroxylation sites is 1. The van der Waals surface area contributed by atoms with E-state index in [1.165, 1.54) is 17.3 Å². The van der Waals surface area contributed by atoms with Crippen LogP contribution in [0.3, 0.4) is 0 Å². The Morgan fingerprint density at radius 2 is 1.96 bits per heavy atom. The van der Waals surface area contributed by atoms with Crippen molar-refractivity contribution in [3.05, 3.63) is 65.5 Å². The number of aromatic nitrogens is 1. The van der Waals surface area contributed by atoms with E-state index in [1.807, 2.05) is 41.3 Å². The average Bonchev–Trinajstić information content (AvgIpc) is 3.24. The van der Waals surface area contributed by atoms with Crippen molar-refractivity contribution >= 4 is 34.7 Å². The van der Waals surface area contributed by atoms with Gasteiger partial charge in [0.25, 0.3) is 0 Å². The first-order valence-corrected chi connectivity index (χ1v) is 10.1. The van der Waals surface area contributed by atoms with Crippen LogP contribution >= 0.6 is 23.1 Å². The fourth-order valence-corrected chi connectivity index (χ4v) is 4.90. The minimum Gasteiger partial charge on any atom is -0.308 e. The average molecular weight is 367 g/mol. The van der Waals surface area contributed by atoms with Crippen molar-refractivity contribution in [1.29, 1.82) is 0 Å². The first-order valence-electron chi connectivity index (χ1n) is 8.26. The van der Waals surface area contributed by atoms with E-state index >= 15 is 0 Å². The van der Waals surface area contributed by atoms with Crippen molar-refractivity contribution in [3.63, 3.8) is 0 Å². The number of rotatable bonds is 4. The molecule has 0 unspecified atom stereocenters. The second-order valence-electron chi connectivity index (χ2n) is 6.10. The third kappa shape index (κ3) is 3.34. The van der Waals surface area contributed by atoms with Gasteiger partial charge in [0, 0.05) is 22.7 Å². The van der Waals surface area contributed by atoms with Crippen molar-refractivity contribution in [2.75, 3.05) is 10.7 Å². The molecule has 3 nitrogen and oxygen atoms in total. The van der Waals surface area contributed by atoms with Gasteiger partial charge in [-0.1, -0.05) is 60.3 Å². The molecule has 3 aromatic rings. The minimum atomic E-state index is 0.152. The van der Waals surface area contributed by atoms with Crippen LogP contribution in [-0.4, -0.2) is 22.7 Å². The monoisotopic (exact) mass is 366 g/mol. The maximum atomic E-state index is 12.8. The number of thioether (sulfide) groups is 1. The van der Waals surface area contributed by atoms with Crippen molar-refractivity contribution in [3.8, 4) is 11.3 Å². The van der Waals surface area contributed by atoms with Gasteiger partial charge in [-0.15, -0.1) is 11.3 Å². The summed E-state index contributed by atoms with van der Waals surface area (Å²) < 4.78 is 0.937. The van der Waals surface area contributed by atoms with E-state index < -0.39 is 0 Å². The molecule has 0 fully saturated rings. The molecule has 2 aromatic carbocycles. The van der Waals surface area contributed by atoms with E-state index in [0.717, 1.165) is 27.7 Å². The Morgan fingerprint density at radius 3 is 2.80 bits per heavy atom. The number of benzene rings is 2. The summed E-state index contributed by atoms with van der Waals surface area (Å²) >= 11 is 3.12. The Bertz CT molecular complexity index is 891. The predicted molar refractivity (Wildman–Crippen MR) is 105 cm³/mol. The van der Waals surface area contributed by atoms with Crippen LogP contribution in [0.25, 0.3) is 11.3 Å². The van der Waals surface area contributed by atoms with Crippen molar-refractivity contribution in [2.45, 2.75) is 23.7 Å². The van der Waals surface area contributed by atoms with Gasteiger partial charge < -0.3 is 4.90 Å². The number of amides is 1. The molecule has 0 N–H and O–H groups in total. The number of hydrogen-bond acceptors (Lipinski definition) is 4. The summed E-state index contributed by atoms with van der Waals surface area (Å²) in [7, 11) is 0. The van der Waals surface area contributed by atoms with Crippen LogP contribution in [0.4, 0.5) is 5.69 Å². The zero-order chi connectivity index (χ0) is 17.2. The lowest BCUT2D eigenvalue weighted by Crippen LogP contribution is -2.36. The van der Waals surface area contributed by atoms with Gasteiger partial charge in [0.1, 0.15) is 0 Å². The second kappa shape index (κ2) is 7.02. The van der Waals surface area contributed by atoms with Gasteiger partial charge in [0.15, 0.2) is 4.34 Å². The van der Waals surface area contributed by atoms with Crippen LogP contribution in [0.15, 0.2) is 64.3 Å². The summed E-state index contributed by atoms with van der Waals surface area (Å²) in [5, 5.41) is 2.05. The second-order valence-corrected chi connectivity index (χ2v) is 8.18. The number of carbonyl (C=O) groups excluding carboxylic acids is 1. The maximum absolute atomic E-state index is 12.8. The van der Waals surface area contributed by atoms with E-state index in [9.17, 15) is 4.79 Å². The fourth-order valence-electron chi connectivity index (χ4n) is 3.20. The highest BCUT2D eigenvalue weighted by Gasteiger charge is 2.30. The summed E-state index contributed by atoms with van der Waals surface area (Å²) in [5.74, 6) is 0.569. The quantitative estimate of drug-likeness (QED) is 0.617. The maximum Gasteiger partial charge on any atom is 0.237 e. The third-order valence-corrected chi connectivity index (χ3v) is 6.35. The molecule has 4 rings (SSSR count). The third-order valence-electron chi connectivity index (χ3n) is 4.35. The number of anilines is 1. The van der Waals surface area contributed by atoms with Gasteiger partial charge in [-0.25, -0.2) is 4.98 Å². The van der Waals surface area contributed by atoms with Crippen molar-refractivity contribution in [2.24, 2.45) is 0 Å². The number of thiazole rings is 1. The molecule has 0 aliphatic carbocycles. The Labute approximate surface area is 155 Å². The predicted octanol–water partition coefficient (Wildman–Crippen LogP) is 4.88. The van der Waals surface area contributed by atoms with Crippen LogP contribution in [-0.2, 0) is 11.2 Å². The van der Waals surface area contributed by atoms with E-state index in [1.54, 1.807) is 11.3 Å². The highest BCUT2D eigenvalue weighted by molar-refractivity contribution is 8.01. The van der Waals surface area contributed by atoms with Crippen LogP contribution in [0.1, 0.15) is 12.5 Å². The van der Waals surface area contributed by atoms with E-state index in [0.29, 0.717) is 5.75 Å². The molecule has 5 heteroatoms. The van der Waals surface area contributed by atoms with Gasteiger partial charge in [-0.05, 0) is 25.0 Å². The molecule has 0 spiro atoms. The highest BCUT2D eigenvalue weighted by Crippen LogP contribution is 2.33. The van der Waals surface area contributed by atoms with Crippen LogP contribution < -0.4 is 4.90 Å². The lowest BCUT2D eigenvalue weighted by molar-refractivity contribution is -0.116. The molecule has 25 heavy (non-hydrogen) atoms. The molecular weight excluding hydrogens is 348 g/mol. The standard InChI is InChI=1S/C20H18N2OS2/c1-14-11-16-9-5-6-10-18(16)22(14)19(23)13-25-20-21-17(12-24-20)15-7-3-2-4-8-15/h2-10,12,14H,11,13H2,1H3/t14-/m0/s1. The Hall–Kier alpha value is -2.11. The van der Waals surface area contributed by atoms with Crippen molar-refractivity contribution < 1.29 is 4.79 Å². The van der Waals surface area contributed by atoms with Gasteiger partial charge in [0.05, 0.1) is 11.4 Å². The van der Waals surface area contributed by atoms with Crippen molar-refractivity contribution in [1.82, 2.24) is 4.98 Å². The molecule has 126 valence electrons. The largest absolute Gasteiger partial charge is 0.308 e. The summed E-state index contributed by atoms with van der Waals surface area (Å²) in [5.41, 5.74) is 4.40. The number of fused-ring (bicyclic) bond motifs is 1. The van der Waals surface area contributed by atoms with Gasteiger partial charge >= 0.3 is 0 Å². The van der Waals surface area contributed by atoms with E-state index in [2.05, 4.69) is 35.5 Å². The number of nitrogens with zero attached hydrogens (tertiary/aromatic N) is 2. The van der Waals surface area contributed by atoms with Gasteiger partial charge in [-0.3, -0.25) is 4.79 Å². The highest BCUT2D eigenvalue weighted by atomic mass is 32.2. The zero-order valence-corrected chi connectivity index (χ0v) is 15.5. The SMILES string of the molecule is C[C@H]1Cc2ccccc2N1C(=O)CSc1nc(-c2ccccc2)cs1. The first-order chi connectivity index (χ1) is 12.2. The Kier molecular flexibility index (Phi) is 4.59. The Balaban J connectivity index is 1.44.